The van der Waals surface area contributed by atoms with Gasteiger partial charge in [0.1, 0.15) is 0 Å². The minimum absolute atomic E-state index is 0.0835. The van der Waals surface area contributed by atoms with Gasteiger partial charge in [0.2, 0.25) is 5.91 Å². The van der Waals surface area contributed by atoms with Gasteiger partial charge in [-0.3, -0.25) is 4.79 Å². The lowest BCUT2D eigenvalue weighted by Crippen LogP contribution is -2.47. The standard InChI is InChI=1S/C16H25NO2/c1-17(11-4-2-3-5-12(11)18)16(19)15-13-9-6-7-10(8-9)14(13)15/h9-15,18H,2-8H2,1H3. The van der Waals surface area contributed by atoms with Gasteiger partial charge in [0.05, 0.1) is 12.1 Å². The normalized spacial score (nSPS) is 50.9. The van der Waals surface area contributed by atoms with Crippen molar-refractivity contribution in [2.75, 3.05) is 7.05 Å². The Balaban J connectivity index is 1.44. The van der Waals surface area contributed by atoms with Crippen molar-refractivity contribution >= 4 is 5.91 Å². The topological polar surface area (TPSA) is 40.5 Å². The summed E-state index contributed by atoms with van der Waals surface area (Å²) in [7, 11) is 1.93. The van der Waals surface area contributed by atoms with Crippen LogP contribution in [0.15, 0.2) is 0 Å². The van der Waals surface area contributed by atoms with Crippen LogP contribution in [0.4, 0.5) is 0 Å². The third kappa shape index (κ3) is 1.70. The van der Waals surface area contributed by atoms with Crippen LogP contribution in [0.25, 0.3) is 0 Å². The van der Waals surface area contributed by atoms with Crippen molar-refractivity contribution in [3.63, 3.8) is 0 Å². The molecule has 0 saturated heterocycles. The number of aliphatic hydroxyl groups is 1. The van der Waals surface area contributed by atoms with Crippen LogP contribution in [0.3, 0.4) is 0 Å². The lowest BCUT2D eigenvalue weighted by Gasteiger charge is -2.35. The van der Waals surface area contributed by atoms with E-state index in [0.29, 0.717) is 11.8 Å². The van der Waals surface area contributed by atoms with Crippen LogP contribution in [0.5, 0.6) is 0 Å². The van der Waals surface area contributed by atoms with Crippen LogP contribution in [0.2, 0.25) is 0 Å². The van der Waals surface area contributed by atoms with Gasteiger partial charge in [-0.15, -0.1) is 0 Å². The van der Waals surface area contributed by atoms with E-state index >= 15 is 0 Å². The van der Waals surface area contributed by atoms with Gasteiger partial charge in [0.25, 0.3) is 0 Å². The van der Waals surface area contributed by atoms with E-state index in [1.165, 1.54) is 19.3 Å². The molecule has 0 aliphatic heterocycles. The summed E-state index contributed by atoms with van der Waals surface area (Å²) in [5, 5.41) is 10.1. The number of fused-ring (bicyclic) bond motifs is 5. The summed E-state index contributed by atoms with van der Waals surface area (Å²) in [5.74, 6) is 3.81. The van der Waals surface area contributed by atoms with Crippen LogP contribution < -0.4 is 0 Å². The molecule has 0 aromatic rings. The molecule has 106 valence electrons. The molecule has 19 heavy (non-hydrogen) atoms. The summed E-state index contributed by atoms with van der Waals surface area (Å²) >= 11 is 0. The first-order valence-electron chi connectivity index (χ1n) is 8.13. The average Bonchev–Trinajstić information content (AvgIpc) is 2.85. The van der Waals surface area contributed by atoms with E-state index in [-0.39, 0.29) is 12.1 Å². The van der Waals surface area contributed by atoms with E-state index in [1.54, 1.807) is 0 Å². The van der Waals surface area contributed by atoms with E-state index in [4.69, 9.17) is 0 Å². The summed E-state index contributed by atoms with van der Waals surface area (Å²) in [6.45, 7) is 0. The maximum Gasteiger partial charge on any atom is 0.226 e. The van der Waals surface area contributed by atoms with Gasteiger partial charge < -0.3 is 10.0 Å². The molecule has 0 radical (unpaired) electrons. The van der Waals surface area contributed by atoms with E-state index in [2.05, 4.69) is 0 Å². The fourth-order valence-electron chi connectivity index (χ4n) is 5.60. The second-order valence-electron chi connectivity index (χ2n) is 7.38. The van der Waals surface area contributed by atoms with Gasteiger partial charge in [0.15, 0.2) is 0 Å². The van der Waals surface area contributed by atoms with E-state index in [9.17, 15) is 9.90 Å². The number of rotatable bonds is 2. The molecule has 4 fully saturated rings. The molecular weight excluding hydrogens is 238 g/mol. The third-order valence-corrected chi connectivity index (χ3v) is 6.56. The number of carbonyl (C=O) groups excluding carboxylic acids is 1. The number of amides is 1. The van der Waals surface area contributed by atoms with Crippen LogP contribution in [-0.2, 0) is 4.79 Å². The molecule has 3 nitrogen and oxygen atoms in total. The Morgan fingerprint density at radius 2 is 1.68 bits per heavy atom. The molecule has 6 unspecified atom stereocenters. The molecule has 6 atom stereocenters. The Morgan fingerprint density at radius 3 is 2.32 bits per heavy atom. The maximum atomic E-state index is 12.7. The van der Waals surface area contributed by atoms with Gasteiger partial charge in [-0.25, -0.2) is 0 Å². The van der Waals surface area contributed by atoms with Crippen molar-refractivity contribution in [3.05, 3.63) is 0 Å². The summed E-state index contributed by atoms with van der Waals surface area (Å²) in [6.07, 6.45) is 7.95. The zero-order valence-electron chi connectivity index (χ0n) is 11.8. The van der Waals surface area contributed by atoms with E-state index in [1.807, 2.05) is 11.9 Å². The number of likely N-dealkylation sites (N-methyl/N-ethyl adjacent to an activating group) is 1. The minimum atomic E-state index is -0.294. The maximum absolute atomic E-state index is 12.7. The molecule has 1 N–H and O–H groups in total. The van der Waals surface area contributed by atoms with Crippen molar-refractivity contribution < 1.29 is 9.90 Å². The van der Waals surface area contributed by atoms with Crippen LogP contribution in [-0.4, -0.2) is 35.1 Å². The highest BCUT2D eigenvalue weighted by Crippen LogP contribution is 2.69. The second kappa shape index (κ2) is 4.21. The van der Waals surface area contributed by atoms with Gasteiger partial charge in [-0.05, 0) is 55.8 Å². The Kier molecular flexibility index (Phi) is 2.70. The van der Waals surface area contributed by atoms with Gasteiger partial charge >= 0.3 is 0 Å². The number of nitrogens with zero attached hydrogens (tertiary/aromatic N) is 1. The number of hydrogen-bond acceptors (Lipinski definition) is 2. The number of aliphatic hydroxyl groups excluding tert-OH is 1. The monoisotopic (exact) mass is 263 g/mol. The molecule has 4 aliphatic rings. The molecule has 3 heteroatoms. The molecule has 0 aromatic carbocycles. The largest absolute Gasteiger partial charge is 0.391 e. The summed E-state index contributed by atoms with van der Waals surface area (Å²) in [6, 6.07) is 0.0835. The predicted octanol–water partition coefficient (Wildman–Crippen LogP) is 2.04. The van der Waals surface area contributed by atoms with Gasteiger partial charge in [-0.1, -0.05) is 12.8 Å². The lowest BCUT2D eigenvalue weighted by molar-refractivity contribution is -0.137. The summed E-state index contributed by atoms with van der Waals surface area (Å²) < 4.78 is 0. The first-order chi connectivity index (χ1) is 9.18. The molecule has 4 aliphatic carbocycles. The SMILES string of the molecule is CN(C(=O)C1C2C3CCC(C3)C12)C1CCCCC1O. The van der Waals surface area contributed by atoms with Crippen molar-refractivity contribution in [2.24, 2.45) is 29.6 Å². The van der Waals surface area contributed by atoms with E-state index in [0.717, 1.165) is 49.4 Å². The zero-order chi connectivity index (χ0) is 13.1. The molecule has 1 amide bonds. The molecule has 0 spiro atoms. The summed E-state index contributed by atoms with van der Waals surface area (Å²) in [5.41, 5.74) is 0. The van der Waals surface area contributed by atoms with Crippen LogP contribution in [0.1, 0.15) is 44.9 Å². The number of hydrogen-bond donors (Lipinski definition) is 1. The fraction of sp³-hybridized carbons (Fsp3) is 0.938. The fourth-order valence-corrected chi connectivity index (χ4v) is 5.60. The second-order valence-corrected chi connectivity index (χ2v) is 7.38. The van der Waals surface area contributed by atoms with E-state index < -0.39 is 0 Å². The zero-order valence-corrected chi connectivity index (χ0v) is 11.8. The van der Waals surface area contributed by atoms with Gasteiger partial charge in [0, 0.05) is 13.0 Å². The Morgan fingerprint density at radius 1 is 1.05 bits per heavy atom. The molecule has 4 rings (SSSR count). The van der Waals surface area contributed by atoms with Gasteiger partial charge in [-0.2, -0.15) is 0 Å². The molecule has 0 aromatic heterocycles. The van der Waals surface area contributed by atoms with Crippen molar-refractivity contribution in [1.29, 1.82) is 0 Å². The Hall–Kier alpha value is -0.570. The number of carbonyl (C=O) groups is 1. The molecular formula is C16H25NO2. The van der Waals surface area contributed by atoms with Crippen molar-refractivity contribution in [1.82, 2.24) is 4.90 Å². The lowest BCUT2D eigenvalue weighted by atomic mass is 9.91. The Bertz CT molecular complexity index is 380. The highest BCUT2D eigenvalue weighted by atomic mass is 16.3. The minimum Gasteiger partial charge on any atom is -0.391 e. The predicted molar refractivity (Wildman–Crippen MR) is 72.3 cm³/mol. The smallest absolute Gasteiger partial charge is 0.226 e. The molecule has 0 heterocycles. The third-order valence-electron chi connectivity index (χ3n) is 6.56. The van der Waals surface area contributed by atoms with Crippen LogP contribution in [0, 0.1) is 29.6 Å². The average molecular weight is 263 g/mol. The summed E-state index contributed by atoms with van der Waals surface area (Å²) in [4.78, 5) is 14.6. The highest BCUT2D eigenvalue weighted by molar-refractivity contribution is 5.83. The quantitative estimate of drug-likeness (QED) is 0.828. The molecule has 4 saturated carbocycles. The molecule has 2 bridgehead atoms. The Labute approximate surface area is 115 Å². The van der Waals surface area contributed by atoms with Crippen LogP contribution >= 0.6 is 0 Å². The first-order valence-corrected chi connectivity index (χ1v) is 8.13. The van der Waals surface area contributed by atoms with Crippen molar-refractivity contribution in [2.45, 2.75) is 57.1 Å². The first kappa shape index (κ1) is 12.2. The highest BCUT2D eigenvalue weighted by Gasteiger charge is 2.68. The van der Waals surface area contributed by atoms with Crippen molar-refractivity contribution in [3.8, 4) is 0 Å².